The normalized spacial score (nSPS) is 30.4. The van der Waals surface area contributed by atoms with E-state index in [-0.39, 0.29) is 0 Å². The van der Waals surface area contributed by atoms with E-state index in [0.29, 0.717) is 43.6 Å². The van der Waals surface area contributed by atoms with Crippen molar-refractivity contribution in [2.45, 2.75) is 37.6 Å². The first-order valence-corrected chi connectivity index (χ1v) is 11.0. The van der Waals surface area contributed by atoms with Crippen LogP contribution in [0.4, 0.5) is 0 Å². The zero-order valence-electron chi connectivity index (χ0n) is 17.2. The molecular weight excluding hydrogens is 368 g/mol. The lowest BCUT2D eigenvalue weighted by atomic mass is 9.65. The third-order valence-electron chi connectivity index (χ3n) is 7.21. The molecular formula is C23H32N2O4. The van der Waals surface area contributed by atoms with Crippen molar-refractivity contribution in [3.63, 3.8) is 0 Å². The molecule has 4 heterocycles. The lowest BCUT2D eigenvalue weighted by molar-refractivity contribution is -0.0787. The third-order valence-corrected chi connectivity index (χ3v) is 7.21. The van der Waals surface area contributed by atoms with Crippen molar-refractivity contribution in [1.82, 2.24) is 9.88 Å². The van der Waals surface area contributed by atoms with Crippen LogP contribution in [0.15, 0.2) is 18.2 Å². The van der Waals surface area contributed by atoms with Crippen molar-refractivity contribution in [3.05, 3.63) is 29.5 Å². The monoisotopic (exact) mass is 400 g/mol. The zero-order chi connectivity index (χ0) is 19.8. The lowest BCUT2D eigenvalue weighted by Crippen LogP contribution is -2.56. The fourth-order valence-corrected chi connectivity index (χ4v) is 6.12. The number of aromatic amines is 1. The first-order chi connectivity index (χ1) is 14.2. The van der Waals surface area contributed by atoms with Crippen LogP contribution in [0.25, 0.3) is 10.9 Å². The molecule has 1 saturated carbocycles. The van der Waals surface area contributed by atoms with E-state index in [1.54, 1.807) is 13.2 Å². The number of phenolic OH excluding ortho intramolecular Hbond substituents is 1. The van der Waals surface area contributed by atoms with Crippen LogP contribution in [-0.2, 0) is 20.6 Å². The number of piperidine rings is 2. The first kappa shape index (κ1) is 19.4. The summed E-state index contributed by atoms with van der Waals surface area (Å²) >= 11 is 0. The maximum absolute atomic E-state index is 9.99. The number of hydrogen-bond acceptors (Lipinski definition) is 5. The van der Waals surface area contributed by atoms with E-state index in [1.807, 2.05) is 12.1 Å². The first-order valence-electron chi connectivity index (χ1n) is 11.0. The molecule has 1 aromatic carbocycles. The molecule has 2 aromatic rings. The van der Waals surface area contributed by atoms with E-state index in [4.69, 9.17) is 14.2 Å². The van der Waals surface area contributed by atoms with Crippen LogP contribution in [0.5, 0.6) is 5.75 Å². The van der Waals surface area contributed by atoms with Gasteiger partial charge in [-0.3, -0.25) is 4.90 Å². The largest absolute Gasteiger partial charge is 0.508 e. The van der Waals surface area contributed by atoms with Crippen LogP contribution in [0.3, 0.4) is 0 Å². The zero-order valence-corrected chi connectivity index (χ0v) is 17.2. The molecule has 6 rings (SSSR count). The van der Waals surface area contributed by atoms with Crippen LogP contribution >= 0.6 is 0 Å². The number of H-pyrrole nitrogens is 1. The van der Waals surface area contributed by atoms with Crippen LogP contribution in [-0.4, -0.2) is 67.8 Å². The Kier molecular flexibility index (Phi) is 5.52. The quantitative estimate of drug-likeness (QED) is 0.526. The molecule has 29 heavy (non-hydrogen) atoms. The van der Waals surface area contributed by atoms with Crippen LogP contribution in [0, 0.1) is 11.8 Å². The molecule has 5 atom stereocenters. The summed E-state index contributed by atoms with van der Waals surface area (Å²) in [6.07, 6.45) is 4.76. The molecule has 4 bridgehead atoms. The Labute approximate surface area is 172 Å². The highest BCUT2D eigenvalue weighted by atomic mass is 16.7. The maximum atomic E-state index is 9.99. The summed E-state index contributed by atoms with van der Waals surface area (Å²) in [5, 5.41) is 11.2. The highest BCUT2D eigenvalue weighted by Gasteiger charge is 2.49. The van der Waals surface area contributed by atoms with Crippen molar-refractivity contribution in [1.29, 1.82) is 0 Å². The van der Waals surface area contributed by atoms with Gasteiger partial charge in [0.1, 0.15) is 12.5 Å². The van der Waals surface area contributed by atoms with Gasteiger partial charge in [0, 0.05) is 55.4 Å². The van der Waals surface area contributed by atoms with E-state index in [1.165, 1.54) is 36.0 Å². The molecule has 3 fully saturated rings. The SMILES string of the molecule is COCCOCOCCC1CC2CC3c4[nH]c5ccc(O)cc5c4CCN(C2)C13. The van der Waals surface area contributed by atoms with Crippen molar-refractivity contribution in [2.24, 2.45) is 11.8 Å². The van der Waals surface area contributed by atoms with Crippen molar-refractivity contribution in [2.75, 3.05) is 46.8 Å². The van der Waals surface area contributed by atoms with Gasteiger partial charge in [0.05, 0.1) is 13.2 Å². The number of ether oxygens (including phenoxy) is 3. The smallest absolute Gasteiger partial charge is 0.146 e. The highest BCUT2D eigenvalue weighted by Crippen LogP contribution is 2.51. The predicted molar refractivity (Wildman–Crippen MR) is 111 cm³/mol. The van der Waals surface area contributed by atoms with Gasteiger partial charge in [0.2, 0.25) is 0 Å². The molecule has 1 aromatic heterocycles. The predicted octanol–water partition coefficient (Wildman–Crippen LogP) is 3.25. The number of fused-ring (bicyclic) bond motifs is 4. The van der Waals surface area contributed by atoms with Gasteiger partial charge in [0.25, 0.3) is 0 Å². The summed E-state index contributed by atoms with van der Waals surface area (Å²) in [5.41, 5.74) is 4.02. The molecule has 4 aliphatic rings. The number of nitrogens with zero attached hydrogens (tertiary/aromatic N) is 1. The number of hydrogen-bond donors (Lipinski definition) is 2. The molecule has 158 valence electrons. The lowest BCUT2D eigenvalue weighted by Gasteiger charge is -2.53. The Bertz CT molecular complexity index is 851. The minimum Gasteiger partial charge on any atom is -0.508 e. The Hall–Kier alpha value is -1.60. The van der Waals surface area contributed by atoms with Crippen LogP contribution in [0.2, 0.25) is 0 Å². The Morgan fingerprint density at radius 1 is 1.17 bits per heavy atom. The van der Waals surface area contributed by atoms with E-state index in [0.717, 1.165) is 37.4 Å². The van der Waals surface area contributed by atoms with Crippen LogP contribution in [0.1, 0.15) is 36.4 Å². The van der Waals surface area contributed by atoms with Gasteiger partial charge in [-0.1, -0.05) is 0 Å². The number of aromatic hydroxyl groups is 1. The Morgan fingerprint density at radius 3 is 2.97 bits per heavy atom. The number of phenols is 1. The fourth-order valence-electron chi connectivity index (χ4n) is 6.12. The highest BCUT2D eigenvalue weighted by molar-refractivity contribution is 5.86. The topological polar surface area (TPSA) is 67.0 Å². The average Bonchev–Trinajstić information content (AvgIpc) is 3.04. The number of aromatic nitrogens is 1. The second-order valence-electron chi connectivity index (χ2n) is 8.90. The summed E-state index contributed by atoms with van der Waals surface area (Å²) < 4.78 is 16.2. The standard InChI is InChI=1S/C23H32N2O4/c1-27-8-9-29-14-28-7-5-16-10-15-11-20-22-18(4-6-25(13-15)23(16)20)19-12-17(26)2-3-21(19)24-22/h2-3,12,15-16,20,23-24,26H,4-11,13-14H2,1H3. The molecule has 2 N–H and O–H groups in total. The van der Waals surface area contributed by atoms with Crippen LogP contribution < -0.4 is 0 Å². The minimum absolute atomic E-state index is 0.354. The molecule has 5 unspecified atom stereocenters. The summed E-state index contributed by atoms with van der Waals surface area (Å²) in [5.74, 6) is 2.38. The van der Waals surface area contributed by atoms with Gasteiger partial charge in [-0.05, 0) is 61.3 Å². The number of nitrogens with one attached hydrogen (secondary N) is 1. The Balaban J connectivity index is 1.30. The van der Waals surface area contributed by atoms with Crippen molar-refractivity contribution >= 4 is 10.9 Å². The van der Waals surface area contributed by atoms with E-state index < -0.39 is 0 Å². The minimum atomic E-state index is 0.354. The third kappa shape index (κ3) is 3.67. The van der Waals surface area contributed by atoms with Gasteiger partial charge in [-0.15, -0.1) is 0 Å². The van der Waals surface area contributed by atoms with Gasteiger partial charge >= 0.3 is 0 Å². The molecule has 2 saturated heterocycles. The van der Waals surface area contributed by atoms with Gasteiger partial charge in [-0.2, -0.15) is 0 Å². The van der Waals surface area contributed by atoms with Gasteiger partial charge < -0.3 is 24.3 Å². The van der Waals surface area contributed by atoms with Gasteiger partial charge in [0.15, 0.2) is 0 Å². The van der Waals surface area contributed by atoms with E-state index >= 15 is 0 Å². The molecule has 0 amide bonds. The molecule has 3 aliphatic heterocycles. The maximum Gasteiger partial charge on any atom is 0.146 e. The molecule has 6 nitrogen and oxygen atoms in total. The molecule has 0 spiro atoms. The Morgan fingerprint density at radius 2 is 2.07 bits per heavy atom. The molecule has 1 aliphatic carbocycles. The number of benzene rings is 1. The second kappa shape index (κ2) is 8.26. The van der Waals surface area contributed by atoms with E-state index in [9.17, 15) is 5.11 Å². The second-order valence-corrected chi connectivity index (χ2v) is 8.90. The average molecular weight is 401 g/mol. The van der Waals surface area contributed by atoms with E-state index in [2.05, 4.69) is 9.88 Å². The number of methoxy groups -OCH3 is 1. The molecule has 6 heteroatoms. The fraction of sp³-hybridized carbons (Fsp3) is 0.652. The summed E-state index contributed by atoms with van der Waals surface area (Å²) in [4.78, 5) is 6.48. The summed E-state index contributed by atoms with van der Waals surface area (Å²) in [7, 11) is 1.68. The van der Waals surface area contributed by atoms with Crippen molar-refractivity contribution in [3.8, 4) is 5.75 Å². The van der Waals surface area contributed by atoms with Gasteiger partial charge in [-0.25, -0.2) is 0 Å². The summed E-state index contributed by atoms with van der Waals surface area (Å²) in [6.45, 7) is 4.66. The molecule has 0 radical (unpaired) electrons. The summed E-state index contributed by atoms with van der Waals surface area (Å²) in [6, 6.07) is 6.34. The number of rotatable bonds is 8. The van der Waals surface area contributed by atoms with Crippen molar-refractivity contribution < 1.29 is 19.3 Å².